The SMILES string of the molecule is NC(=O)CCN1C(=O)/C(=C/c2ccc(OCCN3CCOCC3)c(-c3cc(C(F)(F)F)cc(C(F)(F)F)c3)c2)SC1=S. The topological polar surface area (TPSA) is 85.1 Å². The average Bonchev–Trinajstić information content (AvgIpc) is 3.18. The van der Waals surface area contributed by atoms with Crippen molar-refractivity contribution in [3.63, 3.8) is 0 Å². The van der Waals surface area contributed by atoms with E-state index in [-0.39, 0.29) is 51.7 Å². The summed E-state index contributed by atoms with van der Waals surface area (Å²) in [4.78, 5) is 27.4. The van der Waals surface area contributed by atoms with Gasteiger partial charge in [0.15, 0.2) is 0 Å². The molecular formula is C27H25F6N3O4S2. The van der Waals surface area contributed by atoms with Crippen LogP contribution in [0.4, 0.5) is 26.3 Å². The zero-order valence-corrected chi connectivity index (χ0v) is 23.5. The van der Waals surface area contributed by atoms with Crippen LogP contribution in [0.5, 0.6) is 5.75 Å². The quantitative estimate of drug-likeness (QED) is 0.232. The molecule has 0 unspecified atom stereocenters. The molecule has 42 heavy (non-hydrogen) atoms. The number of nitrogens with two attached hydrogens (primary N) is 1. The lowest BCUT2D eigenvalue weighted by atomic mass is 9.96. The number of halogens is 6. The molecule has 0 radical (unpaired) electrons. The molecule has 0 aliphatic carbocycles. The Labute approximate surface area is 246 Å². The van der Waals surface area contributed by atoms with Crippen molar-refractivity contribution in [3.05, 3.63) is 58.0 Å². The maximum absolute atomic E-state index is 13.6. The van der Waals surface area contributed by atoms with Gasteiger partial charge in [0.1, 0.15) is 16.7 Å². The lowest BCUT2D eigenvalue weighted by Gasteiger charge is -2.26. The summed E-state index contributed by atoms with van der Waals surface area (Å²) >= 11 is 6.16. The Hall–Kier alpha value is -3.14. The van der Waals surface area contributed by atoms with Crippen molar-refractivity contribution in [1.82, 2.24) is 9.80 Å². The zero-order valence-electron chi connectivity index (χ0n) is 21.9. The number of primary amides is 1. The van der Waals surface area contributed by atoms with Crippen molar-refractivity contribution in [3.8, 4) is 16.9 Å². The van der Waals surface area contributed by atoms with E-state index in [2.05, 4.69) is 4.90 Å². The summed E-state index contributed by atoms with van der Waals surface area (Å²) in [6.07, 6.45) is -8.77. The summed E-state index contributed by atoms with van der Waals surface area (Å²) in [5.41, 5.74) is 2.16. The molecule has 0 atom stereocenters. The maximum atomic E-state index is 13.6. The largest absolute Gasteiger partial charge is 0.492 e. The number of hydrogen-bond donors (Lipinski definition) is 1. The van der Waals surface area contributed by atoms with Crippen LogP contribution in [-0.2, 0) is 26.7 Å². The molecule has 2 aliphatic rings. The van der Waals surface area contributed by atoms with Crippen molar-refractivity contribution in [1.29, 1.82) is 0 Å². The predicted octanol–water partition coefficient (Wildman–Crippen LogP) is 5.18. The molecule has 0 bridgehead atoms. The highest BCUT2D eigenvalue weighted by Crippen LogP contribution is 2.41. The monoisotopic (exact) mass is 633 g/mol. The number of amides is 2. The van der Waals surface area contributed by atoms with Crippen LogP contribution in [0.3, 0.4) is 0 Å². The van der Waals surface area contributed by atoms with Gasteiger partial charge >= 0.3 is 12.4 Å². The molecule has 2 aromatic rings. The Balaban J connectivity index is 1.72. The van der Waals surface area contributed by atoms with Crippen molar-refractivity contribution in [2.24, 2.45) is 5.73 Å². The number of hydrogen-bond acceptors (Lipinski definition) is 7. The molecule has 2 amide bonds. The number of rotatable bonds is 9. The second-order valence-corrected chi connectivity index (χ2v) is 11.1. The Morgan fingerprint density at radius 2 is 1.67 bits per heavy atom. The number of benzene rings is 2. The normalized spacial score (nSPS) is 17.8. The number of carbonyl (C=O) groups is 2. The number of ether oxygens (including phenoxy) is 2. The fourth-order valence-electron chi connectivity index (χ4n) is 4.27. The third-order valence-corrected chi connectivity index (χ3v) is 7.80. The third-order valence-electron chi connectivity index (χ3n) is 6.42. The second kappa shape index (κ2) is 13.0. The molecule has 15 heteroatoms. The van der Waals surface area contributed by atoms with Gasteiger partial charge in [-0.1, -0.05) is 30.0 Å². The van der Waals surface area contributed by atoms with Gasteiger partial charge in [-0.05, 0) is 47.5 Å². The minimum Gasteiger partial charge on any atom is -0.492 e. The minimum atomic E-state index is -5.04. The molecule has 2 N–H and O–H groups in total. The van der Waals surface area contributed by atoms with Crippen LogP contribution >= 0.6 is 24.0 Å². The molecule has 2 saturated heterocycles. The van der Waals surface area contributed by atoms with E-state index in [9.17, 15) is 35.9 Å². The summed E-state index contributed by atoms with van der Waals surface area (Å²) in [6.45, 7) is 2.97. The van der Waals surface area contributed by atoms with Crippen molar-refractivity contribution in [2.75, 3.05) is 46.0 Å². The highest BCUT2D eigenvalue weighted by molar-refractivity contribution is 8.26. The Morgan fingerprint density at radius 1 is 1.02 bits per heavy atom. The van der Waals surface area contributed by atoms with E-state index in [4.69, 9.17) is 27.4 Å². The molecule has 2 aliphatic heterocycles. The summed E-state index contributed by atoms with van der Waals surface area (Å²) in [5.74, 6) is -1.06. The molecule has 7 nitrogen and oxygen atoms in total. The van der Waals surface area contributed by atoms with Gasteiger partial charge in [0, 0.05) is 38.2 Å². The molecule has 0 aromatic heterocycles. The zero-order chi connectivity index (χ0) is 30.7. The van der Waals surface area contributed by atoms with Gasteiger partial charge in [-0.3, -0.25) is 19.4 Å². The number of thiocarbonyl (C=S) groups is 1. The first-order valence-corrected chi connectivity index (χ1v) is 13.9. The number of nitrogens with zero attached hydrogens (tertiary/aromatic N) is 2. The first kappa shape index (κ1) is 31.8. The molecule has 0 saturated carbocycles. The molecule has 2 fully saturated rings. The summed E-state index contributed by atoms with van der Waals surface area (Å²) < 4.78 is 93.1. The highest BCUT2D eigenvalue weighted by atomic mass is 32.2. The van der Waals surface area contributed by atoms with Crippen LogP contribution in [0.1, 0.15) is 23.1 Å². The Kier molecular flexibility index (Phi) is 9.85. The third kappa shape index (κ3) is 8.02. The lowest BCUT2D eigenvalue weighted by molar-refractivity contribution is -0.143. The van der Waals surface area contributed by atoms with Crippen LogP contribution in [0.2, 0.25) is 0 Å². The van der Waals surface area contributed by atoms with Crippen LogP contribution in [-0.4, -0.2) is 71.9 Å². The van der Waals surface area contributed by atoms with Gasteiger partial charge in [-0.2, -0.15) is 26.3 Å². The van der Waals surface area contributed by atoms with Crippen LogP contribution in [0.15, 0.2) is 41.3 Å². The fourth-order valence-corrected chi connectivity index (χ4v) is 5.58. The molecule has 2 aromatic carbocycles. The maximum Gasteiger partial charge on any atom is 0.416 e. The summed E-state index contributed by atoms with van der Waals surface area (Å²) in [5, 5.41) is 0. The van der Waals surface area contributed by atoms with Crippen LogP contribution < -0.4 is 10.5 Å². The molecule has 0 spiro atoms. The smallest absolute Gasteiger partial charge is 0.416 e. The first-order chi connectivity index (χ1) is 19.7. The van der Waals surface area contributed by atoms with Crippen molar-refractivity contribution >= 4 is 46.2 Å². The number of thioether (sulfide) groups is 1. The van der Waals surface area contributed by atoms with Gasteiger partial charge in [0.2, 0.25) is 5.91 Å². The van der Waals surface area contributed by atoms with Gasteiger partial charge in [0.25, 0.3) is 5.91 Å². The van der Waals surface area contributed by atoms with E-state index in [1.807, 2.05) is 0 Å². The van der Waals surface area contributed by atoms with Gasteiger partial charge in [0.05, 0.1) is 29.2 Å². The lowest BCUT2D eigenvalue weighted by Crippen LogP contribution is -2.38. The molecule has 4 rings (SSSR count). The molecule has 226 valence electrons. The number of carbonyl (C=O) groups excluding carboxylic acids is 2. The second-order valence-electron chi connectivity index (χ2n) is 9.40. The summed E-state index contributed by atoms with van der Waals surface area (Å²) in [6, 6.07) is 5.64. The van der Waals surface area contributed by atoms with E-state index < -0.39 is 35.3 Å². The summed E-state index contributed by atoms with van der Waals surface area (Å²) in [7, 11) is 0. The van der Waals surface area contributed by atoms with Crippen molar-refractivity contribution in [2.45, 2.75) is 18.8 Å². The molecular weight excluding hydrogens is 608 g/mol. The first-order valence-electron chi connectivity index (χ1n) is 12.6. The van der Waals surface area contributed by atoms with E-state index in [0.29, 0.717) is 50.5 Å². The highest BCUT2D eigenvalue weighted by Gasteiger charge is 2.37. The predicted molar refractivity (Wildman–Crippen MR) is 148 cm³/mol. The van der Waals surface area contributed by atoms with Crippen LogP contribution in [0, 0.1) is 0 Å². The van der Waals surface area contributed by atoms with E-state index in [1.165, 1.54) is 29.2 Å². The average molecular weight is 634 g/mol. The van der Waals surface area contributed by atoms with E-state index in [0.717, 1.165) is 11.8 Å². The fraction of sp³-hybridized carbons (Fsp3) is 0.370. The number of morpholine rings is 1. The molecule has 2 heterocycles. The van der Waals surface area contributed by atoms with E-state index >= 15 is 0 Å². The van der Waals surface area contributed by atoms with Gasteiger partial charge in [-0.25, -0.2) is 0 Å². The van der Waals surface area contributed by atoms with Gasteiger partial charge in [-0.15, -0.1) is 0 Å². The minimum absolute atomic E-state index is 0.0217. The van der Waals surface area contributed by atoms with Gasteiger partial charge < -0.3 is 15.2 Å². The Morgan fingerprint density at radius 3 is 2.26 bits per heavy atom. The van der Waals surface area contributed by atoms with Crippen LogP contribution in [0.25, 0.3) is 17.2 Å². The van der Waals surface area contributed by atoms with Crippen molar-refractivity contribution < 1.29 is 45.4 Å². The standard InChI is InChI=1S/C27H25F6N3O4S2/c28-26(29,30)18-13-17(14-19(15-18)27(31,32)33)20-11-16(1-2-21(20)40-10-7-35-5-8-39-9-6-35)12-22-24(38)36(25(41)42-22)4-3-23(34)37/h1-2,11-15H,3-10H2,(H2,34,37)/b22-12-. The van der Waals surface area contributed by atoms with E-state index in [1.54, 1.807) is 0 Å². The number of alkyl halides is 6. The Bertz CT molecular complexity index is 1360.